The first-order chi connectivity index (χ1) is 28.4. The number of rotatable bonds is 9. The van der Waals surface area contributed by atoms with Gasteiger partial charge in [-0.15, -0.1) is 6.42 Å². The lowest BCUT2D eigenvalue weighted by Gasteiger charge is -2.42. The van der Waals surface area contributed by atoms with Gasteiger partial charge >= 0.3 is 11.9 Å². The summed E-state index contributed by atoms with van der Waals surface area (Å²) in [4.78, 5) is 26.5. The summed E-state index contributed by atoms with van der Waals surface area (Å²) < 4.78 is 18.1. The van der Waals surface area contributed by atoms with Crippen molar-refractivity contribution in [2.45, 2.75) is 204 Å². The minimum Gasteiger partial charge on any atom is -0.462 e. The first kappa shape index (κ1) is 43.0. The summed E-state index contributed by atoms with van der Waals surface area (Å²) in [6, 6.07) is 0. The fraction of sp³-hybridized carbons (Fsp3) is 0.808. The largest absolute Gasteiger partial charge is 0.462 e. The molecule has 0 amide bonds. The molecule has 6 heteroatoms. The van der Waals surface area contributed by atoms with Crippen molar-refractivity contribution in [3.05, 3.63) is 0 Å². The van der Waals surface area contributed by atoms with Gasteiger partial charge in [-0.05, 0) is 226 Å². The van der Waals surface area contributed by atoms with Crippen molar-refractivity contribution in [3.8, 4) is 48.1 Å². The van der Waals surface area contributed by atoms with E-state index < -0.39 is 0 Å². The van der Waals surface area contributed by atoms with E-state index in [9.17, 15) is 14.7 Å². The maximum atomic E-state index is 13.3. The average molecular weight is 793 g/mol. The molecule has 7 aliphatic carbocycles. The van der Waals surface area contributed by atoms with E-state index in [2.05, 4.69) is 41.6 Å². The zero-order valence-electron chi connectivity index (χ0n) is 35.4. The van der Waals surface area contributed by atoms with Gasteiger partial charge in [0, 0.05) is 17.8 Å². The maximum Gasteiger partial charge on any atom is 0.309 e. The Bertz CT molecular complexity index is 1540. The lowest BCUT2D eigenvalue weighted by molar-refractivity contribution is -0.158. The SMILES string of the molecule is C#CC#CC#CC#COC1CCC(C2CCC(C(=O)OC3CCC(C4CCCC(C5CCC(OC(=O)C6CCC(C7CCC(O)CC7)CC6)CC5)C4)CC3)CC2)CC1. The molecular formula is C52H72O6. The number of carbonyl (C=O) groups is 2. The Labute approximate surface area is 351 Å². The van der Waals surface area contributed by atoms with Gasteiger partial charge in [-0.25, -0.2) is 0 Å². The van der Waals surface area contributed by atoms with Crippen LogP contribution in [0.25, 0.3) is 0 Å². The molecule has 1 N–H and O–H groups in total. The van der Waals surface area contributed by atoms with Crippen LogP contribution in [0.5, 0.6) is 0 Å². The Morgan fingerprint density at radius 2 is 0.776 bits per heavy atom. The van der Waals surface area contributed by atoms with Gasteiger partial charge in [0.05, 0.1) is 17.9 Å². The average Bonchev–Trinajstić information content (AvgIpc) is 3.27. The van der Waals surface area contributed by atoms with Crippen molar-refractivity contribution in [2.24, 2.45) is 59.2 Å². The van der Waals surface area contributed by atoms with Crippen LogP contribution in [-0.2, 0) is 23.8 Å². The second kappa shape index (κ2) is 22.0. The second-order valence-corrected chi connectivity index (χ2v) is 20.0. The van der Waals surface area contributed by atoms with Crippen LogP contribution in [0.15, 0.2) is 0 Å². The zero-order valence-corrected chi connectivity index (χ0v) is 35.4. The van der Waals surface area contributed by atoms with Crippen LogP contribution in [0, 0.1) is 107 Å². The molecule has 316 valence electrons. The van der Waals surface area contributed by atoms with E-state index in [1.54, 1.807) is 0 Å². The minimum atomic E-state index is -0.0875. The predicted molar refractivity (Wildman–Crippen MR) is 227 cm³/mol. The molecular weight excluding hydrogens is 721 g/mol. The summed E-state index contributed by atoms with van der Waals surface area (Å²) in [7, 11) is 0. The van der Waals surface area contributed by atoms with Crippen LogP contribution in [0.2, 0.25) is 0 Å². The monoisotopic (exact) mass is 793 g/mol. The van der Waals surface area contributed by atoms with Crippen LogP contribution >= 0.6 is 0 Å². The highest BCUT2D eigenvalue weighted by atomic mass is 16.5. The number of ether oxygens (including phenoxy) is 3. The Balaban J connectivity index is 0.741. The van der Waals surface area contributed by atoms with Gasteiger partial charge in [0.1, 0.15) is 24.4 Å². The van der Waals surface area contributed by atoms with Gasteiger partial charge in [0.15, 0.2) is 0 Å². The number of aliphatic hydroxyl groups excluding tert-OH is 1. The van der Waals surface area contributed by atoms with E-state index in [0.717, 1.165) is 157 Å². The topological polar surface area (TPSA) is 82.1 Å². The van der Waals surface area contributed by atoms with E-state index >= 15 is 0 Å². The molecule has 7 saturated carbocycles. The highest BCUT2D eigenvalue weighted by Gasteiger charge is 2.39. The van der Waals surface area contributed by atoms with Crippen molar-refractivity contribution in [1.29, 1.82) is 0 Å². The molecule has 0 saturated heterocycles. The summed E-state index contributed by atoms with van der Waals surface area (Å²) in [5.41, 5.74) is 0. The molecule has 7 aliphatic rings. The van der Waals surface area contributed by atoms with E-state index in [0.29, 0.717) is 5.92 Å². The third-order valence-electron chi connectivity index (χ3n) is 16.7. The number of aliphatic hydroxyl groups is 1. The van der Waals surface area contributed by atoms with Gasteiger partial charge < -0.3 is 19.3 Å². The van der Waals surface area contributed by atoms with Crippen molar-refractivity contribution >= 4 is 11.9 Å². The number of terminal acetylenes is 1. The van der Waals surface area contributed by atoms with Crippen LogP contribution in [0.1, 0.15) is 180 Å². The zero-order chi connectivity index (χ0) is 40.1. The molecule has 0 aromatic carbocycles. The minimum absolute atomic E-state index is 0.0780. The lowest BCUT2D eigenvalue weighted by Crippen LogP contribution is -2.35. The number of hydrogen-bond acceptors (Lipinski definition) is 6. The summed E-state index contributed by atoms with van der Waals surface area (Å²) >= 11 is 0. The standard InChI is InChI=1S/C52H72O6/c1-2-3-4-5-6-7-35-56-48-29-21-40(22-30-48)38-13-17-44(18-14-38)52(55)58-50-33-25-42(26-34-50)46-10-8-9-45(36-46)41-23-31-49(32-24-41)57-51(54)43-15-11-37(12-16-43)39-19-27-47(53)28-20-39/h1,37-50,53H,8-34,36H2. The van der Waals surface area contributed by atoms with Gasteiger partial charge in [0.2, 0.25) is 0 Å². The maximum absolute atomic E-state index is 13.3. The van der Waals surface area contributed by atoms with E-state index in [1.165, 1.54) is 64.2 Å². The molecule has 2 unspecified atom stereocenters. The number of hydrogen-bond donors (Lipinski definition) is 1. The molecule has 2 atom stereocenters. The Morgan fingerprint density at radius 3 is 1.22 bits per heavy atom. The van der Waals surface area contributed by atoms with Crippen LogP contribution in [-0.4, -0.2) is 41.5 Å². The number of carbonyl (C=O) groups excluding carboxylic acids is 2. The Kier molecular flexibility index (Phi) is 16.3. The smallest absolute Gasteiger partial charge is 0.309 e. The predicted octanol–water partition coefficient (Wildman–Crippen LogP) is 10.3. The van der Waals surface area contributed by atoms with Crippen LogP contribution < -0.4 is 0 Å². The van der Waals surface area contributed by atoms with E-state index in [-0.39, 0.29) is 48.2 Å². The molecule has 0 radical (unpaired) electrons. The van der Waals surface area contributed by atoms with Crippen molar-refractivity contribution in [2.75, 3.05) is 0 Å². The lowest BCUT2D eigenvalue weighted by atomic mass is 9.65. The summed E-state index contributed by atoms with van der Waals surface area (Å²) in [5, 5.41) is 9.89. The third kappa shape index (κ3) is 12.3. The van der Waals surface area contributed by atoms with Crippen molar-refractivity contribution < 1.29 is 28.9 Å². The fourth-order valence-corrected chi connectivity index (χ4v) is 13.2. The van der Waals surface area contributed by atoms with Gasteiger partial charge in [-0.3, -0.25) is 9.59 Å². The normalized spacial score (nSPS) is 39.3. The first-order valence-electron chi connectivity index (χ1n) is 24.1. The molecule has 7 fully saturated rings. The highest BCUT2D eigenvalue weighted by Crippen LogP contribution is 2.47. The molecule has 0 aliphatic heterocycles. The van der Waals surface area contributed by atoms with Crippen molar-refractivity contribution in [1.82, 2.24) is 0 Å². The molecule has 0 spiro atoms. The van der Waals surface area contributed by atoms with Gasteiger partial charge in [-0.1, -0.05) is 19.3 Å². The summed E-state index contributed by atoms with van der Waals surface area (Å²) in [5.74, 6) is 21.6. The molecule has 0 aromatic rings. The molecule has 58 heavy (non-hydrogen) atoms. The Hall–Kier alpha value is -3.06. The molecule has 6 nitrogen and oxygen atoms in total. The summed E-state index contributed by atoms with van der Waals surface area (Å²) in [6.45, 7) is 0. The van der Waals surface area contributed by atoms with Gasteiger partial charge in [0.25, 0.3) is 0 Å². The molecule has 0 aromatic heterocycles. The molecule has 0 heterocycles. The quantitative estimate of drug-likeness (QED) is 0.185. The van der Waals surface area contributed by atoms with Crippen LogP contribution in [0.4, 0.5) is 0 Å². The Morgan fingerprint density at radius 1 is 0.414 bits per heavy atom. The fourth-order valence-electron chi connectivity index (χ4n) is 13.2. The van der Waals surface area contributed by atoms with E-state index in [4.69, 9.17) is 20.6 Å². The highest BCUT2D eigenvalue weighted by molar-refractivity contribution is 5.73. The third-order valence-corrected chi connectivity index (χ3v) is 16.7. The summed E-state index contributed by atoms with van der Waals surface area (Å²) in [6.07, 6.45) is 39.8. The van der Waals surface area contributed by atoms with Gasteiger partial charge in [-0.2, -0.15) is 0 Å². The van der Waals surface area contributed by atoms with Crippen LogP contribution in [0.3, 0.4) is 0 Å². The number of esters is 2. The van der Waals surface area contributed by atoms with E-state index in [1.807, 2.05) is 0 Å². The second-order valence-electron chi connectivity index (χ2n) is 20.0. The molecule has 0 bridgehead atoms. The van der Waals surface area contributed by atoms with Crippen molar-refractivity contribution in [3.63, 3.8) is 0 Å². The first-order valence-corrected chi connectivity index (χ1v) is 24.1. The molecule has 7 rings (SSSR count).